The lowest BCUT2D eigenvalue weighted by Gasteiger charge is -2.30. The van der Waals surface area contributed by atoms with Crippen LogP contribution in [0.15, 0.2) is 66.7 Å². The molecule has 5 heteroatoms. The van der Waals surface area contributed by atoms with Crippen LogP contribution in [0.2, 0.25) is 0 Å². The molecule has 0 aliphatic carbocycles. The molecular weight excluding hydrogens is 426 g/mol. The van der Waals surface area contributed by atoms with Crippen molar-refractivity contribution in [3.05, 3.63) is 94.5 Å². The molecule has 0 saturated heterocycles. The van der Waals surface area contributed by atoms with Gasteiger partial charge < -0.3 is 25.0 Å². The van der Waals surface area contributed by atoms with E-state index in [-0.39, 0.29) is 17.2 Å². The van der Waals surface area contributed by atoms with Gasteiger partial charge in [0, 0.05) is 5.69 Å². The summed E-state index contributed by atoms with van der Waals surface area (Å²) in [5, 5.41) is 31.4. The number of aromatic hydroxyl groups is 3. The van der Waals surface area contributed by atoms with Crippen molar-refractivity contribution >= 4 is 17.1 Å². The number of phenols is 3. The number of rotatable bonds is 5. The lowest BCUT2D eigenvalue weighted by atomic mass is 10.0. The van der Waals surface area contributed by atoms with Crippen LogP contribution in [0.4, 0.5) is 17.1 Å². The number of nitrogens with zero attached hydrogens (tertiary/aromatic N) is 1. The summed E-state index contributed by atoms with van der Waals surface area (Å²) in [6.07, 6.45) is 0. The van der Waals surface area contributed by atoms with Crippen molar-refractivity contribution in [2.24, 2.45) is 0 Å². The molecule has 4 aromatic carbocycles. The van der Waals surface area contributed by atoms with Gasteiger partial charge in [0.05, 0.1) is 11.4 Å². The third-order valence-electron chi connectivity index (χ3n) is 6.29. The Morgan fingerprint density at radius 3 is 1.62 bits per heavy atom. The maximum Gasteiger partial charge on any atom is 0.139 e. The monoisotopic (exact) mass is 455 g/mol. The molecule has 0 radical (unpaired) electrons. The highest BCUT2D eigenvalue weighted by Gasteiger charge is 2.24. The predicted octanol–water partition coefficient (Wildman–Crippen LogP) is 7.61. The number of hydrogen-bond donors (Lipinski definition) is 3. The molecule has 3 N–H and O–H groups in total. The molecule has 0 aliphatic heterocycles. The molecule has 0 fully saturated rings. The summed E-state index contributed by atoms with van der Waals surface area (Å²) in [6, 6.07) is 19.6. The van der Waals surface area contributed by atoms with Gasteiger partial charge in [-0.15, -0.1) is 0 Å². The molecule has 0 unspecified atom stereocenters. The highest BCUT2D eigenvalue weighted by atomic mass is 16.5. The number of hydrogen-bond acceptors (Lipinski definition) is 5. The molecule has 4 aromatic rings. The van der Waals surface area contributed by atoms with E-state index in [0.29, 0.717) is 22.9 Å². The SMILES string of the molecule is Cc1cc(O)ccc1Oc1ccc(N(c2c(O)ccc(C)c2C)c2c(O)ccc(C)c2C)cc1. The zero-order valence-electron chi connectivity index (χ0n) is 20.0. The van der Waals surface area contributed by atoms with Gasteiger partial charge >= 0.3 is 0 Å². The van der Waals surface area contributed by atoms with E-state index in [9.17, 15) is 15.3 Å². The predicted molar refractivity (Wildman–Crippen MR) is 136 cm³/mol. The Hall–Kier alpha value is -4.12. The Labute approximate surface area is 200 Å². The van der Waals surface area contributed by atoms with Crippen molar-refractivity contribution in [2.45, 2.75) is 34.6 Å². The number of aryl methyl sites for hydroxylation is 3. The van der Waals surface area contributed by atoms with Crippen LogP contribution < -0.4 is 9.64 Å². The number of ether oxygens (including phenoxy) is 1. The summed E-state index contributed by atoms with van der Waals surface area (Å²) in [6.45, 7) is 9.79. The molecule has 0 bridgehead atoms. The summed E-state index contributed by atoms with van der Waals surface area (Å²) < 4.78 is 6.02. The first-order valence-electron chi connectivity index (χ1n) is 11.1. The van der Waals surface area contributed by atoms with Gasteiger partial charge in [0.1, 0.15) is 28.7 Å². The van der Waals surface area contributed by atoms with E-state index in [2.05, 4.69) is 0 Å². The average molecular weight is 456 g/mol. The molecule has 0 atom stereocenters. The van der Waals surface area contributed by atoms with Crippen LogP contribution >= 0.6 is 0 Å². The second kappa shape index (κ2) is 9.02. The van der Waals surface area contributed by atoms with Gasteiger partial charge in [0.15, 0.2) is 0 Å². The second-order valence-electron chi connectivity index (χ2n) is 8.63. The molecule has 4 rings (SSSR count). The lowest BCUT2D eigenvalue weighted by Crippen LogP contribution is -2.14. The van der Waals surface area contributed by atoms with E-state index in [1.54, 1.807) is 30.3 Å². The van der Waals surface area contributed by atoms with Gasteiger partial charge in [0.2, 0.25) is 0 Å². The van der Waals surface area contributed by atoms with E-state index < -0.39 is 0 Å². The van der Waals surface area contributed by atoms with Crippen LogP contribution in [0, 0.1) is 34.6 Å². The molecule has 0 spiro atoms. The average Bonchev–Trinajstić information content (AvgIpc) is 2.80. The molecule has 0 aliphatic rings. The lowest BCUT2D eigenvalue weighted by molar-refractivity contribution is 0.461. The topological polar surface area (TPSA) is 73.2 Å². The molecule has 0 heterocycles. The largest absolute Gasteiger partial charge is 0.508 e. The fourth-order valence-electron chi connectivity index (χ4n) is 4.05. The van der Waals surface area contributed by atoms with Crippen molar-refractivity contribution in [3.8, 4) is 28.7 Å². The highest BCUT2D eigenvalue weighted by Crippen LogP contribution is 2.48. The van der Waals surface area contributed by atoms with Crippen LogP contribution in [-0.4, -0.2) is 15.3 Å². The standard InChI is InChI=1S/C29H29NO4/c1-17-6-13-25(32)28(20(17)4)30(29-21(5)18(2)7-14-26(29)33)22-8-11-24(12-9-22)34-27-15-10-23(31)16-19(27)3/h6-16,31-33H,1-5H3. The first kappa shape index (κ1) is 23.1. The van der Waals surface area contributed by atoms with Gasteiger partial charge in [-0.3, -0.25) is 0 Å². The van der Waals surface area contributed by atoms with E-state index in [4.69, 9.17) is 4.74 Å². The van der Waals surface area contributed by atoms with Crippen molar-refractivity contribution in [2.75, 3.05) is 4.90 Å². The minimum atomic E-state index is 0.128. The third-order valence-corrected chi connectivity index (χ3v) is 6.29. The maximum absolute atomic E-state index is 10.9. The van der Waals surface area contributed by atoms with E-state index in [1.165, 1.54) is 0 Å². The molecule has 0 saturated carbocycles. The summed E-state index contributed by atoms with van der Waals surface area (Å²) >= 11 is 0. The van der Waals surface area contributed by atoms with Crippen molar-refractivity contribution in [1.29, 1.82) is 0 Å². The second-order valence-corrected chi connectivity index (χ2v) is 8.63. The zero-order valence-corrected chi connectivity index (χ0v) is 20.0. The Kier molecular flexibility index (Phi) is 6.12. The van der Waals surface area contributed by atoms with Crippen LogP contribution in [0.5, 0.6) is 28.7 Å². The Morgan fingerprint density at radius 2 is 1.12 bits per heavy atom. The Morgan fingerprint density at radius 1 is 0.588 bits per heavy atom. The van der Waals surface area contributed by atoms with Gasteiger partial charge in [-0.1, -0.05) is 12.1 Å². The van der Waals surface area contributed by atoms with Gasteiger partial charge in [-0.2, -0.15) is 0 Å². The van der Waals surface area contributed by atoms with Gasteiger partial charge in [-0.05, 0) is 117 Å². The smallest absolute Gasteiger partial charge is 0.139 e. The zero-order chi connectivity index (χ0) is 24.6. The van der Waals surface area contributed by atoms with Gasteiger partial charge in [-0.25, -0.2) is 0 Å². The summed E-state index contributed by atoms with van der Waals surface area (Å²) in [4.78, 5) is 1.89. The minimum absolute atomic E-state index is 0.128. The number of phenolic OH excluding ortho intramolecular Hbond substituents is 3. The summed E-state index contributed by atoms with van der Waals surface area (Å²) in [7, 11) is 0. The molecule has 5 nitrogen and oxygen atoms in total. The number of anilines is 3. The highest BCUT2D eigenvalue weighted by molar-refractivity contribution is 5.87. The van der Waals surface area contributed by atoms with Crippen molar-refractivity contribution < 1.29 is 20.1 Å². The van der Waals surface area contributed by atoms with Crippen LogP contribution in [0.25, 0.3) is 0 Å². The van der Waals surface area contributed by atoms with Crippen molar-refractivity contribution in [3.63, 3.8) is 0 Å². The Balaban J connectivity index is 1.84. The van der Waals surface area contributed by atoms with Crippen molar-refractivity contribution in [1.82, 2.24) is 0 Å². The van der Waals surface area contributed by atoms with Crippen LogP contribution in [0.1, 0.15) is 27.8 Å². The molecule has 0 amide bonds. The molecular formula is C29H29NO4. The summed E-state index contributed by atoms with van der Waals surface area (Å²) in [5.41, 5.74) is 6.73. The minimum Gasteiger partial charge on any atom is -0.508 e. The maximum atomic E-state index is 10.9. The van der Waals surface area contributed by atoms with Crippen LogP contribution in [0.3, 0.4) is 0 Å². The van der Waals surface area contributed by atoms with E-state index in [0.717, 1.165) is 33.5 Å². The number of benzene rings is 4. The van der Waals surface area contributed by atoms with Crippen LogP contribution in [-0.2, 0) is 0 Å². The van der Waals surface area contributed by atoms with Gasteiger partial charge in [0.25, 0.3) is 0 Å². The normalized spacial score (nSPS) is 10.9. The fraction of sp³-hybridized carbons (Fsp3) is 0.172. The third kappa shape index (κ3) is 4.25. The molecule has 174 valence electrons. The molecule has 34 heavy (non-hydrogen) atoms. The molecule has 0 aromatic heterocycles. The quantitative estimate of drug-likeness (QED) is 0.289. The first-order chi connectivity index (χ1) is 16.2. The van der Waals surface area contributed by atoms with E-state index in [1.807, 2.05) is 75.9 Å². The summed E-state index contributed by atoms with van der Waals surface area (Å²) in [5.74, 6) is 1.74. The first-order valence-corrected chi connectivity index (χ1v) is 11.1. The fourth-order valence-corrected chi connectivity index (χ4v) is 4.05. The Bertz CT molecular complexity index is 1300. The van der Waals surface area contributed by atoms with E-state index >= 15 is 0 Å².